The van der Waals surface area contributed by atoms with Gasteiger partial charge in [-0.25, -0.2) is 4.79 Å². The molecular weight excluding hydrogens is 320 g/mol. The zero-order valence-electron chi connectivity index (χ0n) is 12.1. The average Bonchev–Trinajstić information content (AvgIpc) is 2.65. The van der Waals surface area contributed by atoms with Gasteiger partial charge in [-0.3, -0.25) is 4.90 Å². The summed E-state index contributed by atoms with van der Waals surface area (Å²) in [6, 6.07) is 5.67. The summed E-state index contributed by atoms with van der Waals surface area (Å²) < 4.78 is 5.70. The summed E-state index contributed by atoms with van der Waals surface area (Å²) >= 11 is 3.56. The number of esters is 1. The Morgan fingerprint density at radius 2 is 2.10 bits per heavy atom. The fourth-order valence-corrected chi connectivity index (χ4v) is 2.92. The second kappa shape index (κ2) is 7.20. The van der Waals surface area contributed by atoms with Gasteiger partial charge in [0.1, 0.15) is 0 Å². The molecule has 0 amide bonds. The summed E-state index contributed by atoms with van der Waals surface area (Å²) in [5.74, 6) is -0.298. The van der Waals surface area contributed by atoms with E-state index in [2.05, 4.69) is 32.8 Å². The van der Waals surface area contributed by atoms with Gasteiger partial charge in [0.15, 0.2) is 0 Å². The van der Waals surface area contributed by atoms with Gasteiger partial charge in [0.05, 0.1) is 12.7 Å². The molecule has 1 aliphatic heterocycles. The van der Waals surface area contributed by atoms with Crippen LogP contribution in [0, 0.1) is 0 Å². The molecule has 1 heterocycles. The van der Waals surface area contributed by atoms with E-state index in [-0.39, 0.29) is 5.97 Å². The van der Waals surface area contributed by atoms with Crippen LogP contribution in [0.25, 0.3) is 0 Å². The van der Waals surface area contributed by atoms with Gasteiger partial charge in [-0.1, -0.05) is 22.0 Å². The fraction of sp³-hybridized carbons (Fsp3) is 0.533. The summed E-state index contributed by atoms with van der Waals surface area (Å²) in [6.45, 7) is 5.39. The number of halogens is 1. The molecule has 0 aromatic heterocycles. The van der Waals surface area contributed by atoms with Crippen molar-refractivity contribution >= 4 is 21.9 Å². The Hall–Kier alpha value is -0.910. The van der Waals surface area contributed by atoms with E-state index in [1.807, 2.05) is 18.2 Å². The Bertz CT molecular complexity index is 479. The highest BCUT2D eigenvalue weighted by atomic mass is 79.9. The molecule has 0 N–H and O–H groups in total. The first-order chi connectivity index (χ1) is 9.60. The standard InChI is InChI=1S/C15H21BrN2O2/c1-17-6-3-7-18(9-8-17)11-13-5-4-12(10-14(13)16)15(19)20-2/h4-5,10H,3,6-9,11H2,1-2H3. The highest BCUT2D eigenvalue weighted by Crippen LogP contribution is 2.21. The van der Waals surface area contributed by atoms with E-state index in [4.69, 9.17) is 4.74 Å². The first-order valence-corrected chi connectivity index (χ1v) is 7.67. The van der Waals surface area contributed by atoms with E-state index in [1.165, 1.54) is 25.6 Å². The number of benzene rings is 1. The second-order valence-corrected chi connectivity index (χ2v) is 6.09. The number of methoxy groups -OCH3 is 1. The second-order valence-electron chi connectivity index (χ2n) is 5.23. The Balaban J connectivity index is 2.04. The third-order valence-corrected chi connectivity index (χ3v) is 4.42. The number of hydrogen-bond acceptors (Lipinski definition) is 4. The van der Waals surface area contributed by atoms with E-state index in [9.17, 15) is 4.79 Å². The van der Waals surface area contributed by atoms with Gasteiger partial charge in [0, 0.05) is 24.1 Å². The van der Waals surface area contributed by atoms with E-state index in [1.54, 1.807) is 0 Å². The van der Waals surface area contributed by atoms with Crippen LogP contribution in [0.4, 0.5) is 0 Å². The number of nitrogens with zero attached hydrogens (tertiary/aromatic N) is 2. The molecule has 2 rings (SSSR count). The number of rotatable bonds is 3. The van der Waals surface area contributed by atoms with E-state index in [0.29, 0.717) is 5.56 Å². The molecule has 1 aromatic carbocycles. The summed E-state index contributed by atoms with van der Waals surface area (Å²) in [5.41, 5.74) is 1.79. The zero-order chi connectivity index (χ0) is 14.5. The third kappa shape index (κ3) is 4.04. The van der Waals surface area contributed by atoms with Crippen molar-refractivity contribution < 1.29 is 9.53 Å². The van der Waals surface area contributed by atoms with E-state index >= 15 is 0 Å². The van der Waals surface area contributed by atoms with Crippen molar-refractivity contribution in [2.45, 2.75) is 13.0 Å². The van der Waals surface area contributed by atoms with Crippen LogP contribution in [-0.2, 0) is 11.3 Å². The Labute approximate surface area is 128 Å². The summed E-state index contributed by atoms with van der Waals surface area (Å²) in [6.07, 6.45) is 1.20. The molecule has 0 radical (unpaired) electrons. The van der Waals surface area contributed by atoms with Gasteiger partial charge in [-0.2, -0.15) is 0 Å². The quantitative estimate of drug-likeness (QED) is 0.791. The lowest BCUT2D eigenvalue weighted by atomic mass is 10.1. The van der Waals surface area contributed by atoms with Gasteiger partial charge < -0.3 is 9.64 Å². The van der Waals surface area contributed by atoms with Crippen molar-refractivity contribution in [2.75, 3.05) is 40.3 Å². The van der Waals surface area contributed by atoms with Crippen molar-refractivity contribution in [2.24, 2.45) is 0 Å². The van der Waals surface area contributed by atoms with Crippen LogP contribution in [0.5, 0.6) is 0 Å². The summed E-state index contributed by atoms with van der Waals surface area (Å²) in [4.78, 5) is 16.3. The predicted molar refractivity (Wildman–Crippen MR) is 82.9 cm³/mol. The normalized spacial score (nSPS) is 17.8. The van der Waals surface area contributed by atoms with Crippen LogP contribution in [0.3, 0.4) is 0 Å². The molecule has 1 fully saturated rings. The lowest BCUT2D eigenvalue weighted by Crippen LogP contribution is -2.28. The van der Waals surface area contributed by atoms with Crippen molar-refractivity contribution in [3.8, 4) is 0 Å². The number of ether oxygens (including phenoxy) is 1. The molecule has 0 spiro atoms. The first-order valence-electron chi connectivity index (χ1n) is 6.88. The molecule has 0 unspecified atom stereocenters. The molecule has 1 aromatic rings. The van der Waals surface area contributed by atoms with Crippen LogP contribution in [0.2, 0.25) is 0 Å². The number of carbonyl (C=O) groups is 1. The molecule has 1 aliphatic rings. The first kappa shape index (κ1) is 15.5. The topological polar surface area (TPSA) is 32.8 Å². The Morgan fingerprint density at radius 3 is 2.80 bits per heavy atom. The van der Waals surface area contributed by atoms with Crippen molar-refractivity contribution in [3.05, 3.63) is 33.8 Å². The molecule has 110 valence electrons. The molecule has 4 nitrogen and oxygen atoms in total. The van der Waals surface area contributed by atoms with Crippen LogP contribution < -0.4 is 0 Å². The summed E-state index contributed by atoms with van der Waals surface area (Å²) in [7, 11) is 3.57. The van der Waals surface area contributed by atoms with Gasteiger partial charge in [-0.05, 0) is 44.3 Å². The summed E-state index contributed by atoms with van der Waals surface area (Å²) in [5, 5.41) is 0. The molecular formula is C15H21BrN2O2. The Morgan fingerprint density at radius 1 is 1.30 bits per heavy atom. The van der Waals surface area contributed by atoms with Gasteiger partial charge >= 0.3 is 5.97 Å². The van der Waals surface area contributed by atoms with Gasteiger partial charge in [-0.15, -0.1) is 0 Å². The van der Waals surface area contributed by atoms with Crippen LogP contribution in [-0.4, -0.2) is 56.1 Å². The van der Waals surface area contributed by atoms with E-state index < -0.39 is 0 Å². The number of hydrogen-bond donors (Lipinski definition) is 0. The molecule has 0 saturated carbocycles. The largest absolute Gasteiger partial charge is 0.465 e. The maximum absolute atomic E-state index is 11.5. The minimum atomic E-state index is -0.298. The highest BCUT2D eigenvalue weighted by molar-refractivity contribution is 9.10. The number of carbonyl (C=O) groups excluding carboxylic acids is 1. The maximum atomic E-state index is 11.5. The number of likely N-dealkylation sites (N-methyl/N-ethyl adjacent to an activating group) is 1. The minimum absolute atomic E-state index is 0.298. The lowest BCUT2D eigenvalue weighted by Gasteiger charge is -2.21. The van der Waals surface area contributed by atoms with Crippen LogP contribution >= 0.6 is 15.9 Å². The molecule has 5 heteroatoms. The van der Waals surface area contributed by atoms with Gasteiger partial charge in [0.2, 0.25) is 0 Å². The Kier molecular flexibility index (Phi) is 5.57. The third-order valence-electron chi connectivity index (χ3n) is 3.68. The average molecular weight is 341 g/mol. The zero-order valence-corrected chi connectivity index (χ0v) is 13.6. The van der Waals surface area contributed by atoms with Crippen molar-refractivity contribution in [1.82, 2.24) is 9.80 Å². The van der Waals surface area contributed by atoms with Crippen molar-refractivity contribution in [3.63, 3.8) is 0 Å². The SMILES string of the molecule is COC(=O)c1ccc(CN2CCCN(C)CC2)c(Br)c1. The van der Waals surface area contributed by atoms with Crippen molar-refractivity contribution in [1.29, 1.82) is 0 Å². The molecule has 0 bridgehead atoms. The predicted octanol–water partition coefficient (Wildman–Crippen LogP) is 2.37. The minimum Gasteiger partial charge on any atom is -0.465 e. The maximum Gasteiger partial charge on any atom is 0.337 e. The van der Waals surface area contributed by atoms with E-state index in [0.717, 1.165) is 30.7 Å². The smallest absolute Gasteiger partial charge is 0.337 e. The monoisotopic (exact) mass is 340 g/mol. The molecule has 1 saturated heterocycles. The van der Waals surface area contributed by atoms with Gasteiger partial charge in [0.25, 0.3) is 0 Å². The molecule has 0 atom stereocenters. The molecule has 20 heavy (non-hydrogen) atoms. The highest BCUT2D eigenvalue weighted by Gasteiger charge is 2.14. The van der Waals surface area contributed by atoms with Crippen LogP contribution in [0.1, 0.15) is 22.3 Å². The fourth-order valence-electron chi connectivity index (χ4n) is 2.42. The molecule has 0 aliphatic carbocycles. The lowest BCUT2D eigenvalue weighted by molar-refractivity contribution is 0.0600. The van der Waals surface area contributed by atoms with Crippen LogP contribution in [0.15, 0.2) is 22.7 Å².